The molecule has 1 heterocycles. The Balaban J connectivity index is 2.45. The Labute approximate surface area is 114 Å². The Hall–Kier alpha value is -1.58. The van der Waals surface area contributed by atoms with Crippen molar-refractivity contribution in [1.29, 1.82) is 0 Å². The second-order valence-electron chi connectivity index (χ2n) is 4.25. The Bertz CT molecular complexity index is 635. The lowest BCUT2D eigenvalue weighted by molar-refractivity contribution is -0.141. The number of sulfonamides is 1. The molecule has 0 bridgehead atoms. The minimum atomic E-state index is -4.33. The van der Waals surface area contributed by atoms with Crippen molar-refractivity contribution in [1.82, 2.24) is 9.62 Å². The SMILES string of the molecule is O=C(O)C1CNCCN1S(=O)(=O)c1ccc(F)cc1F. The predicted octanol–water partition coefficient (Wildman–Crippen LogP) is 0.0119. The average molecular weight is 306 g/mol. The Morgan fingerprint density at radius 2 is 2.10 bits per heavy atom. The van der Waals surface area contributed by atoms with Gasteiger partial charge in [-0.05, 0) is 12.1 Å². The number of halogens is 2. The third kappa shape index (κ3) is 2.65. The second-order valence-corrected chi connectivity index (χ2v) is 6.11. The molecule has 110 valence electrons. The van der Waals surface area contributed by atoms with Gasteiger partial charge in [-0.15, -0.1) is 0 Å². The molecule has 1 unspecified atom stereocenters. The zero-order chi connectivity index (χ0) is 14.9. The fraction of sp³-hybridized carbons (Fsp3) is 0.364. The molecule has 9 heteroatoms. The van der Waals surface area contributed by atoms with Gasteiger partial charge in [-0.3, -0.25) is 4.79 Å². The molecule has 0 saturated carbocycles. The highest BCUT2D eigenvalue weighted by molar-refractivity contribution is 7.89. The number of carboxylic acids is 1. The summed E-state index contributed by atoms with van der Waals surface area (Å²) in [6.07, 6.45) is 0. The van der Waals surface area contributed by atoms with Gasteiger partial charge in [-0.2, -0.15) is 4.31 Å². The summed E-state index contributed by atoms with van der Waals surface area (Å²) in [5, 5.41) is 11.8. The van der Waals surface area contributed by atoms with Crippen molar-refractivity contribution in [3.63, 3.8) is 0 Å². The molecule has 1 saturated heterocycles. The minimum absolute atomic E-state index is 0.0720. The maximum absolute atomic E-state index is 13.6. The van der Waals surface area contributed by atoms with Gasteiger partial charge in [0.25, 0.3) is 0 Å². The van der Waals surface area contributed by atoms with Gasteiger partial charge in [0.1, 0.15) is 22.6 Å². The maximum Gasteiger partial charge on any atom is 0.323 e. The van der Waals surface area contributed by atoms with Gasteiger partial charge in [-0.1, -0.05) is 0 Å². The Morgan fingerprint density at radius 1 is 1.40 bits per heavy atom. The summed E-state index contributed by atoms with van der Waals surface area (Å²) in [7, 11) is -4.33. The van der Waals surface area contributed by atoms with E-state index in [0.29, 0.717) is 10.4 Å². The molecule has 2 N–H and O–H groups in total. The van der Waals surface area contributed by atoms with E-state index in [4.69, 9.17) is 5.11 Å². The van der Waals surface area contributed by atoms with E-state index in [9.17, 15) is 22.0 Å². The number of hydrogen-bond acceptors (Lipinski definition) is 4. The topological polar surface area (TPSA) is 86.7 Å². The number of carboxylic acid groups (broad SMARTS) is 1. The highest BCUT2D eigenvalue weighted by Crippen LogP contribution is 2.22. The molecule has 6 nitrogen and oxygen atoms in total. The summed E-state index contributed by atoms with van der Waals surface area (Å²) in [5.74, 6) is -3.48. The first-order valence-electron chi connectivity index (χ1n) is 5.74. The standard InChI is InChI=1S/C11H12F2N2O4S/c12-7-1-2-10(8(13)5-7)20(18,19)15-4-3-14-6-9(15)11(16)17/h1-2,5,9,14H,3-4,6H2,(H,16,17). The van der Waals surface area contributed by atoms with E-state index in [1.54, 1.807) is 0 Å². The largest absolute Gasteiger partial charge is 0.480 e. The molecule has 1 aromatic carbocycles. The van der Waals surface area contributed by atoms with Crippen LogP contribution < -0.4 is 5.32 Å². The summed E-state index contributed by atoms with van der Waals surface area (Å²) >= 11 is 0. The van der Waals surface area contributed by atoms with Crippen LogP contribution in [0.5, 0.6) is 0 Å². The molecule has 0 radical (unpaired) electrons. The van der Waals surface area contributed by atoms with Crippen LogP contribution in [0.4, 0.5) is 8.78 Å². The van der Waals surface area contributed by atoms with E-state index in [-0.39, 0.29) is 19.6 Å². The molecule has 20 heavy (non-hydrogen) atoms. The van der Waals surface area contributed by atoms with E-state index in [0.717, 1.165) is 12.1 Å². The van der Waals surface area contributed by atoms with Gasteiger partial charge < -0.3 is 10.4 Å². The minimum Gasteiger partial charge on any atom is -0.480 e. The van der Waals surface area contributed by atoms with Crippen LogP contribution in [-0.4, -0.2) is 49.5 Å². The molecule has 1 fully saturated rings. The normalized spacial score (nSPS) is 20.8. The zero-order valence-electron chi connectivity index (χ0n) is 10.2. The van der Waals surface area contributed by atoms with Crippen LogP contribution in [0.3, 0.4) is 0 Å². The Morgan fingerprint density at radius 3 is 2.70 bits per heavy atom. The molecule has 0 aliphatic carbocycles. The molecular weight excluding hydrogens is 294 g/mol. The van der Waals surface area contributed by atoms with Crippen LogP contribution in [0, 0.1) is 11.6 Å². The number of rotatable bonds is 3. The Kier molecular flexibility index (Phi) is 4.02. The number of nitrogens with zero attached hydrogens (tertiary/aromatic N) is 1. The molecule has 0 spiro atoms. The van der Waals surface area contributed by atoms with Crippen LogP contribution in [0.15, 0.2) is 23.1 Å². The summed E-state index contributed by atoms with van der Waals surface area (Å²) in [6, 6.07) is 0.734. The molecular formula is C11H12F2N2O4S. The van der Waals surface area contributed by atoms with E-state index < -0.39 is 38.6 Å². The predicted molar refractivity (Wildman–Crippen MR) is 64.5 cm³/mol. The quantitative estimate of drug-likeness (QED) is 0.821. The third-order valence-corrected chi connectivity index (χ3v) is 4.90. The first-order chi connectivity index (χ1) is 9.34. The van der Waals surface area contributed by atoms with Crippen LogP contribution in [0.2, 0.25) is 0 Å². The van der Waals surface area contributed by atoms with E-state index in [1.165, 1.54) is 0 Å². The number of nitrogens with one attached hydrogen (secondary N) is 1. The fourth-order valence-electron chi connectivity index (χ4n) is 1.99. The molecule has 0 amide bonds. The third-order valence-electron chi connectivity index (χ3n) is 2.96. The molecule has 1 atom stereocenters. The fourth-order valence-corrected chi connectivity index (χ4v) is 3.62. The van der Waals surface area contributed by atoms with Crippen LogP contribution in [-0.2, 0) is 14.8 Å². The van der Waals surface area contributed by atoms with Crippen molar-refractivity contribution in [2.75, 3.05) is 19.6 Å². The summed E-state index contributed by atoms with van der Waals surface area (Å²) < 4.78 is 51.8. The van der Waals surface area contributed by atoms with E-state index in [1.807, 2.05) is 0 Å². The van der Waals surface area contributed by atoms with Gasteiger partial charge >= 0.3 is 5.97 Å². The molecule has 1 aromatic rings. The number of carbonyl (C=O) groups is 1. The zero-order valence-corrected chi connectivity index (χ0v) is 11.0. The van der Waals surface area contributed by atoms with Gasteiger partial charge in [0, 0.05) is 25.7 Å². The maximum atomic E-state index is 13.6. The van der Waals surface area contributed by atoms with E-state index in [2.05, 4.69) is 5.32 Å². The number of hydrogen-bond donors (Lipinski definition) is 2. The van der Waals surface area contributed by atoms with Crippen molar-refractivity contribution in [3.8, 4) is 0 Å². The first kappa shape index (κ1) is 14.8. The van der Waals surface area contributed by atoms with Crippen LogP contribution >= 0.6 is 0 Å². The molecule has 0 aromatic heterocycles. The van der Waals surface area contributed by atoms with Crippen molar-refractivity contribution < 1.29 is 27.1 Å². The average Bonchev–Trinajstić information content (AvgIpc) is 2.38. The van der Waals surface area contributed by atoms with Crippen molar-refractivity contribution in [2.45, 2.75) is 10.9 Å². The molecule has 1 aliphatic heterocycles. The van der Waals surface area contributed by atoms with Gasteiger partial charge in [-0.25, -0.2) is 17.2 Å². The smallest absolute Gasteiger partial charge is 0.323 e. The number of aliphatic carboxylic acids is 1. The van der Waals surface area contributed by atoms with Gasteiger partial charge in [0.05, 0.1) is 0 Å². The van der Waals surface area contributed by atoms with Crippen molar-refractivity contribution >= 4 is 16.0 Å². The molecule has 2 rings (SSSR count). The summed E-state index contributed by atoms with van der Waals surface area (Å²) in [4.78, 5) is 10.4. The first-order valence-corrected chi connectivity index (χ1v) is 7.18. The highest BCUT2D eigenvalue weighted by Gasteiger charge is 2.38. The van der Waals surface area contributed by atoms with Crippen molar-refractivity contribution in [2.24, 2.45) is 0 Å². The second kappa shape index (κ2) is 5.43. The number of benzene rings is 1. The summed E-state index contributed by atoms with van der Waals surface area (Å²) in [6.45, 7) is 0.0827. The molecule has 1 aliphatic rings. The lowest BCUT2D eigenvalue weighted by Crippen LogP contribution is -2.56. The monoisotopic (exact) mass is 306 g/mol. The van der Waals surface area contributed by atoms with Crippen LogP contribution in [0.25, 0.3) is 0 Å². The van der Waals surface area contributed by atoms with Gasteiger partial charge in [0.2, 0.25) is 10.0 Å². The highest BCUT2D eigenvalue weighted by atomic mass is 32.2. The van der Waals surface area contributed by atoms with Crippen LogP contribution in [0.1, 0.15) is 0 Å². The van der Waals surface area contributed by atoms with E-state index >= 15 is 0 Å². The number of piperazine rings is 1. The van der Waals surface area contributed by atoms with Crippen molar-refractivity contribution in [3.05, 3.63) is 29.8 Å². The lowest BCUT2D eigenvalue weighted by Gasteiger charge is -2.32. The lowest BCUT2D eigenvalue weighted by atomic mass is 10.2. The summed E-state index contributed by atoms with van der Waals surface area (Å²) in [5.41, 5.74) is 0. The van der Waals surface area contributed by atoms with Gasteiger partial charge in [0.15, 0.2) is 0 Å².